The zero-order valence-electron chi connectivity index (χ0n) is 13.0. The first kappa shape index (κ1) is 15.6. The second-order valence-corrected chi connectivity index (χ2v) is 5.98. The summed E-state index contributed by atoms with van der Waals surface area (Å²) in [6.07, 6.45) is 8.27. The van der Waals surface area contributed by atoms with Crippen molar-refractivity contribution in [1.29, 1.82) is 0 Å². The molecule has 1 amide bonds. The molecule has 1 aromatic heterocycles. The Bertz CT molecular complexity index is 662. The number of piperidine rings is 1. The zero-order chi connectivity index (χ0) is 16.1. The molecule has 0 bridgehead atoms. The molecule has 3 rings (SSSR count). The van der Waals surface area contributed by atoms with E-state index in [1.165, 1.54) is 18.5 Å². The summed E-state index contributed by atoms with van der Waals surface area (Å²) in [7, 11) is 0. The maximum Gasteiger partial charge on any atom is 0.274 e. The van der Waals surface area contributed by atoms with Gasteiger partial charge in [-0.2, -0.15) is 0 Å². The molecule has 1 saturated heterocycles. The van der Waals surface area contributed by atoms with Crippen molar-refractivity contribution in [3.8, 4) is 0 Å². The smallest absolute Gasteiger partial charge is 0.274 e. The van der Waals surface area contributed by atoms with Crippen molar-refractivity contribution in [2.24, 2.45) is 5.92 Å². The van der Waals surface area contributed by atoms with Gasteiger partial charge in [0.1, 0.15) is 11.5 Å². The molecule has 0 saturated carbocycles. The topological polar surface area (TPSA) is 46.1 Å². The van der Waals surface area contributed by atoms with E-state index in [4.69, 9.17) is 0 Å². The number of aryl methyl sites for hydroxylation is 1. The van der Waals surface area contributed by atoms with Crippen molar-refractivity contribution in [1.82, 2.24) is 14.9 Å². The number of aromatic nitrogens is 2. The Kier molecular flexibility index (Phi) is 4.95. The van der Waals surface area contributed by atoms with Gasteiger partial charge in [-0.25, -0.2) is 9.37 Å². The van der Waals surface area contributed by atoms with Gasteiger partial charge in [-0.3, -0.25) is 9.78 Å². The van der Waals surface area contributed by atoms with Crippen LogP contribution in [0.2, 0.25) is 0 Å². The van der Waals surface area contributed by atoms with Crippen molar-refractivity contribution in [2.45, 2.75) is 25.7 Å². The van der Waals surface area contributed by atoms with Crippen LogP contribution in [0, 0.1) is 11.7 Å². The minimum atomic E-state index is -0.143. The summed E-state index contributed by atoms with van der Waals surface area (Å²) < 4.78 is 13.7. The summed E-state index contributed by atoms with van der Waals surface area (Å²) in [5, 5.41) is 0. The minimum absolute atomic E-state index is 0.0614. The summed E-state index contributed by atoms with van der Waals surface area (Å²) in [5.74, 6) is 0.202. The number of benzene rings is 1. The summed E-state index contributed by atoms with van der Waals surface area (Å²) in [6.45, 7) is 1.47. The minimum Gasteiger partial charge on any atom is -0.337 e. The third-order valence-electron chi connectivity index (χ3n) is 4.37. The zero-order valence-corrected chi connectivity index (χ0v) is 13.0. The quantitative estimate of drug-likeness (QED) is 0.871. The number of carbonyl (C=O) groups is 1. The van der Waals surface area contributed by atoms with E-state index in [0.29, 0.717) is 24.6 Å². The molecule has 4 nitrogen and oxygen atoms in total. The van der Waals surface area contributed by atoms with Gasteiger partial charge in [-0.1, -0.05) is 18.2 Å². The SMILES string of the molecule is O=C(c1cnccn1)N1CCCC(CCc2ccccc2F)C1. The fourth-order valence-electron chi connectivity index (χ4n) is 3.12. The van der Waals surface area contributed by atoms with E-state index in [0.717, 1.165) is 31.4 Å². The van der Waals surface area contributed by atoms with Crippen LogP contribution in [0.5, 0.6) is 0 Å². The molecule has 2 heterocycles. The van der Waals surface area contributed by atoms with Crippen LogP contribution in [0.3, 0.4) is 0 Å². The fraction of sp³-hybridized carbons (Fsp3) is 0.389. The molecule has 1 fully saturated rings. The van der Waals surface area contributed by atoms with Crippen molar-refractivity contribution < 1.29 is 9.18 Å². The Hall–Kier alpha value is -2.30. The lowest BCUT2D eigenvalue weighted by molar-refractivity contribution is 0.0661. The van der Waals surface area contributed by atoms with Gasteiger partial charge in [0.15, 0.2) is 0 Å². The highest BCUT2D eigenvalue weighted by Gasteiger charge is 2.25. The van der Waals surface area contributed by atoms with Crippen LogP contribution in [0.25, 0.3) is 0 Å². The Morgan fingerprint density at radius 1 is 1.30 bits per heavy atom. The number of hydrogen-bond donors (Lipinski definition) is 0. The fourth-order valence-corrected chi connectivity index (χ4v) is 3.12. The van der Waals surface area contributed by atoms with Crippen LogP contribution >= 0.6 is 0 Å². The van der Waals surface area contributed by atoms with Crippen molar-refractivity contribution in [3.63, 3.8) is 0 Å². The number of likely N-dealkylation sites (tertiary alicyclic amines) is 1. The maximum absolute atomic E-state index is 13.7. The first-order valence-electron chi connectivity index (χ1n) is 8.03. The first-order chi connectivity index (χ1) is 11.2. The predicted octanol–water partition coefficient (Wildman–Crippen LogP) is 3.10. The monoisotopic (exact) mass is 313 g/mol. The number of rotatable bonds is 4. The van der Waals surface area contributed by atoms with Crippen LogP contribution in [-0.2, 0) is 6.42 Å². The van der Waals surface area contributed by atoms with Gasteiger partial charge in [0.25, 0.3) is 5.91 Å². The maximum atomic E-state index is 13.7. The Morgan fingerprint density at radius 3 is 2.96 bits per heavy atom. The van der Waals surface area contributed by atoms with Gasteiger partial charge in [0.2, 0.25) is 0 Å². The van der Waals surface area contributed by atoms with Gasteiger partial charge < -0.3 is 4.90 Å². The number of hydrogen-bond acceptors (Lipinski definition) is 3. The first-order valence-corrected chi connectivity index (χ1v) is 8.03. The van der Waals surface area contributed by atoms with Gasteiger partial charge in [0.05, 0.1) is 6.20 Å². The molecule has 0 radical (unpaired) electrons. The third kappa shape index (κ3) is 3.92. The molecular weight excluding hydrogens is 293 g/mol. The van der Waals surface area contributed by atoms with Gasteiger partial charge in [0, 0.05) is 25.5 Å². The number of halogens is 1. The van der Waals surface area contributed by atoms with E-state index in [1.54, 1.807) is 12.3 Å². The molecule has 120 valence electrons. The standard InChI is InChI=1S/C18H20FN3O/c19-16-6-2-1-5-15(16)8-7-14-4-3-11-22(13-14)18(23)17-12-20-9-10-21-17/h1-2,5-6,9-10,12,14H,3-4,7-8,11,13H2. The van der Waals surface area contributed by atoms with Crippen LogP contribution in [0.1, 0.15) is 35.3 Å². The van der Waals surface area contributed by atoms with Crippen molar-refractivity contribution in [3.05, 3.63) is 59.9 Å². The molecule has 2 aromatic rings. The second-order valence-electron chi connectivity index (χ2n) is 5.98. The number of amides is 1. The normalized spacial score (nSPS) is 18.0. The van der Waals surface area contributed by atoms with Gasteiger partial charge in [-0.05, 0) is 43.2 Å². The molecule has 1 aromatic carbocycles. The molecule has 1 atom stereocenters. The van der Waals surface area contributed by atoms with E-state index < -0.39 is 0 Å². The molecule has 1 aliphatic heterocycles. The Balaban J connectivity index is 1.58. The molecule has 1 aliphatic rings. The number of nitrogens with zero attached hydrogens (tertiary/aromatic N) is 3. The van der Waals surface area contributed by atoms with Gasteiger partial charge in [-0.15, -0.1) is 0 Å². The van der Waals surface area contributed by atoms with Crippen LogP contribution < -0.4 is 0 Å². The van der Waals surface area contributed by atoms with E-state index in [2.05, 4.69) is 9.97 Å². The molecule has 0 aliphatic carbocycles. The van der Waals surface area contributed by atoms with Crippen LogP contribution in [-0.4, -0.2) is 33.9 Å². The van der Waals surface area contributed by atoms with E-state index >= 15 is 0 Å². The Morgan fingerprint density at radius 2 is 2.17 bits per heavy atom. The van der Waals surface area contributed by atoms with E-state index in [9.17, 15) is 9.18 Å². The van der Waals surface area contributed by atoms with Crippen molar-refractivity contribution in [2.75, 3.05) is 13.1 Å². The average molecular weight is 313 g/mol. The molecular formula is C18H20FN3O. The highest BCUT2D eigenvalue weighted by atomic mass is 19.1. The average Bonchev–Trinajstić information content (AvgIpc) is 2.61. The molecule has 1 unspecified atom stereocenters. The van der Waals surface area contributed by atoms with Crippen LogP contribution in [0.4, 0.5) is 4.39 Å². The number of carbonyl (C=O) groups excluding carboxylic acids is 1. The summed E-state index contributed by atoms with van der Waals surface area (Å²) >= 11 is 0. The molecule has 0 N–H and O–H groups in total. The lowest BCUT2D eigenvalue weighted by Gasteiger charge is -2.32. The predicted molar refractivity (Wildman–Crippen MR) is 85.4 cm³/mol. The summed E-state index contributed by atoms with van der Waals surface area (Å²) in [6, 6.07) is 6.91. The highest BCUT2D eigenvalue weighted by Crippen LogP contribution is 2.23. The van der Waals surface area contributed by atoms with Crippen molar-refractivity contribution >= 4 is 5.91 Å². The lowest BCUT2D eigenvalue weighted by Crippen LogP contribution is -2.40. The molecule has 5 heteroatoms. The molecule has 23 heavy (non-hydrogen) atoms. The van der Waals surface area contributed by atoms with Gasteiger partial charge >= 0.3 is 0 Å². The largest absolute Gasteiger partial charge is 0.337 e. The summed E-state index contributed by atoms with van der Waals surface area (Å²) in [5.41, 5.74) is 1.15. The highest BCUT2D eigenvalue weighted by molar-refractivity contribution is 5.92. The van der Waals surface area contributed by atoms with E-state index in [1.807, 2.05) is 17.0 Å². The third-order valence-corrected chi connectivity index (χ3v) is 4.37. The summed E-state index contributed by atoms with van der Waals surface area (Å²) in [4.78, 5) is 22.3. The lowest BCUT2D eigenvalue weighted by atomic mass is 9.91. The second kappa shape index (κ2) is 7.31. The Labute approximate surface area is 135 Å². The molecule has 0 spiro atoms. The van der Waals surface area contributed by atoms with E-state index in [-0.39, 0.29) is 11.7 Å². The van der Waals surface area contributed by atoms with Crippen LogP contribution in [0.15, 0.2) is 42.9 Å².